The second-order valence-electron chi connectivity index (χ2n) is 10.1. The summed E-state index contributed by atoms with van der Waals surface area (Å²) >= 11 is 0. The minimum absolute atomic E-state index is 0.0371. The van der Waals surface area contributed by atoms with E-state index >= 15 is 0 Å². The van der Waals surface area contributed by atoms with Crippen molar-refractivity contribution < 1.29 is 46.7 Å². The lowest BCUT2D eigenvalue weighted by Gasteiger charge is -2.09. The number of fused-ring (bicyclic) bond motifs is 2. The third-order valence-electron chi connectivity index (χ3n) is 7.34. The van der Waals surface area contributed by atoms with Gasteiger partial charge in [-0.3, -0.25) is 29.0 Å². The quantitative estimate of drug-likeness (QED) is 0.177. The Morgan fingerprint density at radius 2 is 0.844 bits per heavy atom. The predicted octanol–water partition coefficient (Wildman–Crippen LogP) is 3.41. The van der Waals surface area contributed by atoms with Crippen LogP contribution >= 0.6 is 0 Å². The molecule has 4 aromatic rings. The molecule has 0 saturated carbocycles. The Morgan fingerprint density at radius 1 is 0.511 bits per heavy atom. The monoisotopic (exact) mass is 624 g/mol. The second-order valence-corrected chi connectivity index (χ2v) is 12.0. The van der Waals surface area contributed by atoms with E-state index in [0.717, 1.165) is 9.80 Å². The van der Waals surface area contributed by atoms with Crippen LogP contribution in [-0.2, 0) is 9.84 Å². The molecule has 0 spiro atoms. The van der Waals surface area contributed by atoms with Crippen molar-refractivity contribution in [1.82, 2.24) is 9.80 Å². The first kappa shape index (κ1) is 29.1. The summed E-state index contributed by atoms with van der Waals surface area (Å²) in [5.74, 6) is -3.52. The number of benzene rings is 4. The van der Waals surface area contributed by atoms with Crippen LogP contribution in [0.25, 0.3) is 0 Å². The van der Waals surface area contributed by atoms with Crippen molar-refractivity contribution in [2.45, 2.75) is 9.79 Å². The van der Waals surface area contributed by atoms with Crippen LogP contribution in [0.4, 0.5) is 0 Å². The number of carbonyl (C=O) groups excluding carboxylic acids is 6. The topological polar surface area (TPSA) is 162 Å². The lowest BCUT2D eigenvalue weighted by molar-refractivity contribution is 0.0677. The Labute approximate surface area is 255 Å². The van der Waals surface area contributed by atoms with Gasteiger partial charge in [-0.25, -0.2) is 18.0 Å². The van der Waals surface area contributed by atoms with Crippen molar-refractivity contribution in [3.63, 3.8) is 0 Å². The van der Waals surface area contributed by atoms with Crippen LogP contribution in [0.3, 0.4) is 0 Å². The molecule has 0 radical (unpaired) electrons. The van der Waals surface area contributed by atoms with Gasteiger partial charge in [-0.15, -0.1) is 0 Å². The van der Waals surface area contributed by atoms with Crippen LogP contribution in [0.5, 0.6) is 11.5 Å². The third kappa shape index (κ3) is 4.94. The van der Waals surface area contributed by atoms with Gasteiger partial charge in [-0.05, 0) is 84.9 Å². The number of amides is 4. The highest BCUT2D eigenvalue weighted by Gasteiger charge is 2.34. The average Bonchev–Trinajstić information content (AvgIpc) is 3.39. The molecule has 224 valence electrons. The minimum atomic E-state index is -4.01. The largest absolute Gasteiger partial charge is 0.423 e. The molecule has 45 heavy (non-hydrogen) atoms. The number of sulfone groups is 1. The highest BCUT2D eigenvalue weighted by molar-refractivity contribution is 7.91. The van der Waals surface area contributed by atoms with E-state index in [1.165, 1.54) is 99.0 Å². The van der Waals surface area contributed by atoms with E-state index in [1.54, 1.807) is 0 Å². The van der Waals surface area contributed by atoms with Gasteiger partial charge >= 0.3 is 11.9 Å². The number of rotatable bonds is 6. The van der Waals surface area contributed by atoms with E-state index in [4.69, 9.17) is 9.47 Å². The highest BCUT2D eigenvalue weighted by Crippen LogP contribution is 2.28. The first-order chi connectivity index (χ1) is 21.4. The maximum atomic E-state index is 13.2. The molecule has 4 aromatic carbocycles. The fourth-order valence-electron chi connectivity index (χ4n) is 4.82. The number of ether oxygens (including phenoxy) is 2. The van der Waals surface area contributed by atoms with Crippen molar-refractivity contribution >= 4 is 45.4 Å². The number of hydrogen-bond donors (Lipinski definition) is 0. The summed E-state index contributed by atoms with van der Waals surface area (Å²) in [5.41, 5.74) is 0.617. The van der Waals surface area contributed by atoms with E-state index in [1.807, 2.05) is 0 Å². The van der Waals surface area contributed by atoms with Gasteiger partial charge in [0.15, 0.2) is 0 Å². The molecule has 2 heterocycles. The maximum absolute atomic E-state index is 13.2. The molecular formula is C32H20N2O10S. The molecule has 6 rings (SSSR count). The lowest BCUT2D eigenvalue weighted by atomic mass is 10.1. The highest BCUT2D eigenvalue weighted by atomic mass is 32.2. The van der Waals surface area contributed by atoms with Gasteiger partial charge in [0.2, 0.25) is 9.84 Å². The van der Waals surface area contributed by atoms with Gasteiger partial charge in [-0.1, -0.05) is 0 Å². The molecule has 0 fully saturated rings. The maximum Gasteiger partial charge on any atom is 0.343 e. The van der Waals surface area contributed by atoms with Gasteiger partial charge in [0, 0.05) is 14.1 Å². The van der Waals surface area contributed by atoms with Gasteiger partial charge in [0.25, 0.3) is 23.6 Å². The van der Waals surface area contributed by atoms with Crippen LogP contribution in [0, 0.1) is 0 Å². The zero-order valence-electron chi connectivity index (χ0n) is 23.5. The average molecular weight is 625 g/mol. The van der Waals surface area contributed by atoms with Crippen molar-refractivity contribution in [1.29, 1.82) is 0 Å². The summed E-state index contributed by atoms with van der Waals surface area (Å²) in [6, 6.07) is 18.2. The standard InChI is InChI=1S/C32H20N2O10S/c1-33-27(35)23-13-3-17(15-25(23)29(33)37)31(39)43-19-5-9-21(10-6-19)45(41,42)22-11-7-20(8-12-22)44-32(40)18-4-14-24-26(16-18)30(38)34(2)28(24)36/h3-16H,1-2H3. The molecule has 0 N–H and O–H groups in total. The van der Waals surface area contributed by atoms with Crippen LogP contribution < -0.4 is 9.47 Å². The van der Waals surface area contributed by atoms with E-state index in [2.05, 4.69) is 0 Å². The van der Waals surface area contributed by atoms with Crippen LogP contribution in [-0.4, -0.2) is 67.9 Å². The van der Waals surface area contributed by atoms with Crippen molar-refractivity contribution in [2.24, 2.45) is 0 Å². The molecule has 0 aromatic heterocycles. The van der Waals surface area contributed by atoms with Crippen LogP contribution in [0.2, 0.25) is 0 Å². The van der Waals surface area contributed by atoms with E-state index in [9.17, 15) is 37.2 Å². The molecule has 0 bridgehead atoms. The van der Waals surface area contributed by atoms with Crippen LogP contribution in [0.1, 0.15) is 62.1 Å². The van der Waals surface area contributed by atoms with Crippen molar-refractivity contribution in [3.8, 4) is 11.5 Å². The predicted molar refractivity (Wildman–Crippen MR) is 154 cm³/mol. The zero-order chi connectivity index (χ0) is 32.2. The molecule has 2 aliphatic rings. The number of carbonyl (C=O) groups is 6. The van der Waals surface area contributed by atoms with Crippen LogP contribution in [0.15, 0.2) is 94.7 Å². The summed E-state index contributed by atoms with van der Waals surface area (Å²) in [5, 5.41) is 0. The van der Waals surface area contributed by atoms with E-state index < -0.39 is 45.4 Å². The Kier molecular flexibility index (Phi) is 6.89. The summed E-state index contributed by atoms with van der Waals surface area (Å²) in [6.07, 6.45) is 0. The summed E-state index contributed by atoms with van der Waals surface area (Å²) in [4.78, 5) is 75.6. The molecule has 2 aliphatic heterocycles. The fourth-order valence-corrected chi connectivity index (χ4v) is 6.08. The van der Waals surface area contributed by atoms with E-state index in [0.29, 0.717) is 0 Å². The molecule has 4 amide bonds. The fraction of sp³-hybridized carbons (Fsp3) is 0.0625. The van der Waals surface area contributed by atoms with E-state index in [-0.39, 0.29) is 54.7 Å². The summed E-state index contributed by atoms with van der Waals surface area (Å²) < 4.78 is 37.0. The number of nitrogens with zero attached hydrogens (tertiary/aromatic N) is 2. The second kappa shape index (κ2) is 10.6. The number of hydrogen-bond acceptors (Lipinski definition) is 10. The Morgan fingerprint density at radius 3 is 1.20 bits per heavy atom. The first-order valence-electron chi connectivity index (χ1n) is 13.2. The lowest BCUT2D eigenvalue weighted by Crippen LogP contribution is -2.24. The zero-order valence-corrected chi connectivity index (χ0v) is 24.3. The molecule has 0 aliphatic carbocycles. The first-order valence-corrected chi connectivity index (χ1v) is 14.7. The third-order valence-corrected chi connectivity index (χ3v) is 9.13. The Bertz CT molecular complexity index is 1960. The molecular weight excluding hydrogens is 604 g/mol. The summed E-state index contributed by atoms with van der Waals surface area (Å²) in [7, 11) is -1.33. The molecule has 0 unspecified atom stereocenters. The Balaban J connectivity index is 1.12. The normalized spacial score (nSPS) is 14.0. The molecule has 0 atom stereocenters. The summed E-state index contributed by atoms with van der Waals surface area (Å²) in [6.45, 7) is 0. The number of imide groups is 2. The Hall–Kier alpha value is -5.95. The van der Waals surface area contributed by atoms with Gasteiger partial charge in [-0.2, -0.15) is 0 Å². The van der Waals surface area contributed by atoms with Gasteiger partial charge < -0.3 is 9.47 Å². The number of esters is 2. The SMILES string of the molecule is CN1C(=O)c2ccc(C(=O)Oc3ccc(S(=O)(=O)c4ccc(OC(=O)c5ccc6c(c5)C(=O)N(C)C6=O)cc4)cc3)cc2C1=O. The van der Waals surface area contributed by atoms with Gasteiger partial charge in [0.05, 0.1) is 43.2 Å². The molecule has 12 nitrogen and oxygen atoms in total. The molecule has 0 saturated heterocycles. The van der Waals surface area contributed by atoms with Crippen molar-refractivity contribution in [3.05, 3.63) is 118 Å². The van der Waals surface area contributed by atoms with Gasteiger partial charge in [0.1, 0.15) is 11.5 Å². The molecule has 13 heteroatoms. The van der Waals surface area contributed by atoms with Crippen molar-refractivity contribution in [2.75, 3.05) is 14.1 Å². The smallest absolute Gasteiger partial charge is 0.343 e. The minimum Gasteiger partial charge on any atom is -0.423 e.